The highest BCUT2D eigenvalue weighted by Crippen LogP contribution is 2.27. The van der Waals surface area contributed by atoms with Gasteiger partial charge in [0.25, 0.3) is 5.91 Å². The number of nitrogens with one attached hydrogen (secondary N) is 4. The highest BCUT2D eigenvalue weighted by Gasteiger charge is 2.13. The minimum absolute atomic E-state index is 0.259. The van der Waals surface area contributed by atoms with Gasteiger partial charge in [-0.15, -0.1) is 0 Å². The lowest BCUT2D eigenvalue weighted by Gasteiger charge is -2.13. The van der Waals surface area contributed by atoms with Crippen LogP contribution >= 0.6 is 23.2 Å². The molecule has 0 aliphatic rings. The smallest absolute Gasteiger partial charge is 0.323 e. The third-order valence-electron chi connectivity index (χ3n) is 5.15. The monoisotopic (exact) mass is 519 g/mol. The van der Waals surface area contributed by atoms with Crippen molar-refractivity contribution in [2.45, 2.75) is 13.5 Å². The molecule has 1 heterocycles. The van der Waals surface area contributed by atoms with Gasteiger partial charge in [0, 0.05) is 29.8 Å². The Hall–Kier alpha value is -4.07. The highest BCUT2D eigenvalue weighted by atomic mass is 35.5. The Morgan fingerprint density at radius 1 is 0.806 bits per heavy atom. The van der Waals surface area contributed by atoms with Crippen molar-refractivity contribution in [2.75, 3.05) is 16.0 Å². The molecule has 4 aromatic rings. The molecule has 0 fully saturated rings. The first-order valence-corrected chi connectivity index (χ1v) is 11.8. The molecule has 0 bridgehead atoms. The van der Waals surface area contributed by atoms with Crippen LogP contribution in [0.1, 0.15) is 21.5 Å². The number of rotatable bonds is 7. The second kappa shape index (κ2) is 11.6. The zero-order valence-electron chi connectivity index (χ0n) is 19.3. The summed E-state index contributed by atoms with van der Waals surface area (Å²) in [5.41, 5.74) is 4.21. The van der Waals surface area contributed by atoms with Gasteiger partial charge in [-0.05, 0) is 72.6 Å². The van der Waals surface area contributed by atoms with Gasteiger partial charge in [0.1, 0.15) is 5.82 Å². The third kappa shape index (κ3) is 6.75. The van der Waals surface area contributed by atoms with E-state index in [4.69, 9.17) is 23.2 Å². The van der Waals surface area contributed by atoms with Crippen LogP contribution in [0.25, 0.3) is 0 Å². The van der Waals surface area contributed by atoms with Gasteiger partial charge < -0.3 is 21.3 Å². The summed E-state index contributed by atoms with van der Waals surface area (Å²) < 4.78 is 0. The van der Waals surface area contributed by atoms with Crippen LogP contribution in [-0.2, 0) is 6.54 Å². The first kappa shape index (κ1) is 25.0. The number of pyridine rings is 1. The molecule has 0 aliphatic carbocycles. The van der Waals surface area contributed by atoms with E-state index in [1.165, 1.54) is 0 Å². The van der Waals surface area contributed by atoms with Crippen molar-refractivity contribution in [1.29, 1.82) is 0 Å². The Balaban J connectivity index is 1.38. The molecule has 0 aliphatic heterocycles. The molecule has 182 valence electrons. The van der Waals surface area contributed by atoms with Crippen molar-refractivity contribution in [3.05, 3.63) is 112 Å². The number of carbonyl (C=O) groups is 2. The molecule has 0 unspecified atom stereocenters. The SMILES string of the molecule is Cc1cccc(NC(=O)Nc2cccc(CNC(=O)c3cccnc3Nc3ccc(Cl)c(Cl)c3)c2)c1. The van der Waals surface area contributed by atoms with Crippen LogP contribution < -0.4 is 21.3 Å². The minimum Gasteiger partial charge on any atom is -0.348 e. The number of aromatic nitrogens is 1. The lowest BCUT2D eigenvalue weighted by atomic mass is 10.2. The third-order valence-corrected chi connectivity index (χ3v) is 5.89. The van der Waals surface area contributed by atoms with Crippen molar-refractivity contribution in [3.63, 3.8) is 0 Å². The van der Waals surface area contributed by atoms with E-state index < -0.39 is 0 Å². The molecule has 3 amide bonds. The molecule has 0 saturated heterocycles. The number of halogens is 2. The van der Waals surface area contributed by atoms with Gasteiger partial charge in [0.2, 0.25) is 0 Å². The molecule has 7 nitrogen and oxygen atoms in total. The predicted molar refractivity (Wildman–Crippen MR) is 145 cm³/mol. The zero-order chi connectivity index (χ0) is 25.5. The maximum absolute atomic E-state index is 12.9. The van der Waals surface area contributed by atoms with Crippen molar-refractivity contribution in [1.82, 2.24) is 10.3 Å². The lowest BCUT2D eigenvalue weighted by molar-refractivity contribution is 0.0951. The number of amides is 3. The summed E-state index contributed by atoms with van der Waals surface area (Å²) >= 11 is 12.1. The van der Waals surface area contributed by atoms with Crippen molar-refractivity contribution in [2.24, 2.45) is 0 Å². The molecule has 4 N–H and O–H groups in total. The van der Waals surface area contributed by atoms with E-state index in [2.05, 4.69) is 26.3 Å². The second-order valence-corrected chi connectivity index (χ2v) is 8.80. The maximum atomic E-state index is 12.9. The van der Waals surface area contributed by atoms with Gasteiger partial charge in [-0.2, -0.15) is 0 Å². The van der Waals surface area contributed by atoms with Crippen LogP contribution in [0.5, 0.6) is 0 Å². The molecule has 3 aromatic carbocycles. The minimum atomic E-state index is -0.352. The summed E-state index contributed by atoms with van der Waals surface area (Å²) in [5.74, 6) is 0.0813. The van der Waals surface area contributed by atoms with E-state index in [1.807, 2.05) is 43.3 Å². The van der Waals surface area contributed by atoms with Crippen LogP contribution in [0, 0.1) is 6.92 Å². The topological polar surface area (TPSA) is 95.2 Å². The zero-order valence-corrected chi connectivity index (χ0v) is 20.8. The summed E-state index contributed by atoms with van der Waals surface area (Å²) in [6.45, 7) is 2.22. The Bertz CT molecular complexity index is 1410. The summed E-state index contributed by atoms with van der Waals surface area (Å²) in [7, 11) is 0. The molecule has 9 heteroatoms. The Kier molecular flexibility index (Phi) is 8.05. The van der Waals surface area contributed by atoms with E-state index >= 15 is 0 Å². The van der Waals surface area contributed by atoms with Crippen LogP contribution in [0.15, 0.2) is 85.1 Å². The molecular weight excluding hydrogens is 497 g/mol. The molecule has 36 heavy (non-hydrogen) atoms. The number of carbonyl (C=O) groups excluding carboxylic acids is 2. The van der Waals surface area contributed by atoms with Crippen LogP contribution in [0.3, 0.4) is 0 Å². The molecule has 0 atom stereocenters. The summed E-state index contributed by atoms with van der Waals surface area (Å²) in [6.07, 6.45) is 1.59. The number of benzene rings is 3. The average molecular weight is 520 g/mol. The first-order valence-electron chi connectivity index (χ1n) is 11.1. The van der Waals surface area contributed by atoms with Crippen molar-refractivity contribution >= 4 is 58.0 Å². The van der Waals surface area contributed by atoms with Gasteiger partial charge in [-0.25, -0.2) is 9.78 Å². The fraction of sp³-hybridized carbons (Fsp3) is 0.0741. The quantitative estimate of drug-likeness (QED) is 0.211. The summed E-state index contributed by atoms with van der Waals surface area (Å²) in [5, 5.41) is 12.4. The van der Waals surface area contributed by atoms with E-state index in [-0.39, 0.29) is 18.5 Å². The van der Waals surface area contributed by atoms with Crippen LogP contribution in [0.2, 0.25) is 10.0 Å². The normalized spacial score (nSPS) is 10.4. The fourth-order valence-corrected chi connectivity index (χ4v) is 3.75. The van der Waals surface area contributed by atoms with Crippen molar-refractivity contribution in [3.8, 4) is 0 Å². The Morgan fingerprint density at radius 3 is 2.31 bits per heavy atom. The number of anilines is 4. The fourth-order valence-electron chi connectivity index (χ4n) is 3.45. The highest BCUT2D eigenvalue weighted by molar-refractivity contribution is 6.42. The Labute approximate surface area is 218 Å². The molecular formula is C27H23Cl2N5O2. The van der Waals surface area contributed by atoms with Gasteiger partial charge in [-0.3, -0.25) is 4.79 Å². The van der Waals surface area contributed by atoms with Gasteiger partial charge >= 0.3 is 6.03 Å². The van der Waals surface area contributed by atoms with E-state index in [1.54, 1.807) is 48.7 Å². The molecule has 4 rings (SSSR count). The molecule has 0 spiro atoms. The number of nitrogens with zero attached hydrogens (tertiary/aromatic N) is 1. The van der Waals surface area contributed by atoms with E-state index in [0.29, 0.717) is 38.5 Å². The molecule has 1 aromatic heterocycles. The van der Waals surface area contributed by atoms with Crippen LogP contribution in [0.4, 0.5) is 27.7 Å². The van der Waals surface area contributed by atoms with Crippen LogP contribution in [-0.4, -0.2) is 16.9 Å². The van der Waals surface area contributed by atoms with E-state index in [0.717, 1.165) is 11.1 Å². The average Bonchev–Trinajstić information content (AvgIpc) is 2.85. The Morgan fingerprint density at radius 2 is 1.56 bits per heavy atom. The number of hydrogen-bond acceptors (Lipinski definition) is 4. The largest absolute Gasteiger partial charge is 0.348 e. The number of aryl methyl sites for hydroxylation is 1. The second-order valence-electron chi connectivity index (χ2n) is 7.99. The van der Waals surface area contributed by atoms with Crippen molar-refractivity contribution < 1.29 is 9.59 Å². The van der Waals surface area contributed by atoms with E-state index in [9.17, 15) is 9.59 Å². The number of urea groups is 1. The summed E-state index contributed by atoms with van der Waals surface area (Å²) in [6, 6.07) is 22.9. The molecule has 0 saturated carbocycles. The van der Waals surface area contributed by atoms with Gasteiger partial charge in [0.05, 0.1) is 15.6 Å². The lowest BCUT2D eigenvalue weighted by Crippen LogP contribution is -2.24. The first-order chi connectivity index (χ1) is 17.4. The predicted octanol–water partition coefficient (Wildman–Crippen LogP) is 7.01. The number of hydrogen-bond donors (Lipinski definition) is 4. The van der Waals surface area contributed by atoms with Gasteiger partial charge in [0.15, 0.2) is 0 Å². The molecule has 0 radical (unpaired) electrons. The summed E-state index contributed by atoms with van der Waals surface area (Å²) in [4.78, 5) is 29.6. The van der Waals surface area contributed by atoms with Gasteiger partial charge in [-0.1, -0.05) is 47.5 Å². The standard InChI is InChI=1S/C27H23Cl2N5O2/c1-17-5-2-7-19(13-17)33-27(36)34-20-8-3-6-18(14-20)16-31-26(35)22-9-4-12-30-25(22)32-21-10-11-23(28)24(29)15-21/h2-15H,16H2,1H3,(H,30,32)(H,31,35)(H2,33,34,36). The maximum Gasteiger partial charge on any atom is 0.323 e.